The maximum absolute atomic E-state index is 12.9. The van der Waals surface area contributed by atoms with E-state index in [1.807, 2.05) is 18.7 Å². The molecular formula is C20H31ClN4O5S. The zero-order valence-corrected chi connectivity index (χ0v) is 19.5. The molecule has 11 heteroatoms. The largest absolute Gasteiger partial charge is 0.477 e. The number of β-lactam (4-membered cyclic amide) rings is 1. The van der Waals surface area contributed by atoms with Crippen LogP contribution in [0.3, 0.4) is 0 Å². The lowest BCUT2D eigenvalue weighted by molar-refractivity contribution is -0.163. The summed E-state index contributed by atoms with van der Waals surface area (Å²) < 4.78 is 0. The van der Waals surface area contributed by atoms with Crippen LogP contribution >= 0.6 is 24.2 Å². The van der Waals surface area contributed by atoms with Gasteiger partial charge < -0.3 is 30.6 Å². The molecule has 1 unspecified atom stereocenters. The number of aliphatic hydroxyl groups is 1. The van der Waals surface area contributed by atoms with E-state index in [0.29, 0.717) is 24.4 Å². The molecule has 3 saturated heterocycles. The highest BCUT2D eigenvalue weighted by Crippen LogP contribution is 2.51. The van der Waals surface area contributed by atoms with Crippen molar-refractivity contribution in [2.24, 2.45) is 11.8 Å². The Hall–Kier alpha value is -1.33. The fourth-order valence-electron chi connectivity index (χ4n) is 5.21. The van der Waals surface area contributed by atoms with Crippen molar-refractivity contribution in [2.45, 2.75) is 56.7 Å². The van der Waals surface area contributed by atoms with Gasteiger partial charge in [-0.1, -0.05) is 6.92 Å². The Morgan fingerprint density at radius 2 is 1.97 bits per heavy atom. The first-order chi connectivity index (χ1) is 14.2. The van der Waals surface area contributed by atoms with Crippen molar-refractivity contribution in [1.29, 1.82) is 0 Å². The fourth-order valence-corrected chi connectivity index (χ4v) is 6.69. The van der Waals surface area contributed by atoms with Crippen LogP contribution in [0.2, 0.25) is 0 Å². The number of carboxylic acids is 1. The maximum atomic E-state index is 12.9. The molecule has 4 heterocycles. The van der Waals surface area contributed by atoms with E-state index in [9.17, 15) is 24.6 Å². The van der Waals surface area contributed by atoms with Crippen LogP contribution < -0.4 is 10.6 Å². The van der Waals surface area contributed by atoms with Gasteiger partial charge in [-0.15, -0.1) is 24.2 Å². The van der Waals surface area contributed by atoms with Crippen molar-refractivity contribution in [3.8, 4) is 0 Å². The van der Waals surface area contributed by atoms with Crippen molar-refractivity contribution in [3.05, 3.63) is 10.6 Å². The summed E-state index contributed by atoms with van der Waals surface area (Å²) in [5, 5.41) is 26.4. The Labute approximate surface area is 192 Å². The molecule has 0 aromatic rings. The van der Waals surface area contributed by atoms with Gasteiger partial charge >= 0.3 is 5.97 Å². The molecule has 0 spiro atoms. The third-order valence-electron chi connectivity index (χ3n) is 6.78. The number of amides is 2. The number of hydrogen-bond donors (Lipinski definition) is 4. The number of fused-ring (bicyclic) bond motifs is 1. The second-order valence-corrected chi connectivity index (χ2v) is 10.1. The molecule has 4 rings (SSSR count). The molecule has 0 saturated carbocycles. The summed E-state index contributed by atoms with van der Waals surface area (Å²) in [5.41, 5.74) is 0.0462. The van der Waals surface area contributed by atoms with Gasteiger partial charge in [0, 0.05) is 48.3 Å². The summed E-state index contributed by atoms with van der Waals surface area (Å²) in [7, 11) is 0. The molecule has 0 aromatic heterocycles. The van der Waals surface area contributed by atoms with Gasteiger partial charge in [0.1, 0.15) is 5.70 Å². The Kier molecular flexibility index (Phi) is 7.27. The van der Waals surface area contributed by atoms with Crippen molar-refractivity contribution in [2.75, 3.05) is 26.2 Å². The molecule has 174 valence electrons. The first-order valence-electron chi connectivity index (χ1n) is 10.6. The summed E-state index contributed by atoms with van der Waals surface area (Å²) >= 11 is 1.47. The van der Waals surface area contributed by atoms with Crippen molar-refractivity contribution >= 4 is 42.0 Å². The number of nitrogens with one attached hydrogen (secondary N) is 2. The molecule has 9 nitrogen and oxygen atoms in total. The van der Waals surface area contributed by atoms with E-state index in [1.54, 1.807) is 6.92 Å². The van der Waals surface area contributed by atoms with Gasteiger partial charge in [0.15, 0.2) is 0 Å². The number of hydrogen-bond acceptors (Lipinski definition) is 7. The molecule has 31 heavy (non-hydrogen) atoms. The minimum Gasteiger partial charge on any atom is -0.477 e. The van der Waals surface area contributed by atoms with Gasteiger partial charge in [-0.25, -0.2) is 4.79 Å². The molecule has 3 fully saturated rings. The minimum absolute atomic E-state index is 0. The number of rotatable bonds is 5. The van der Waals surface area contributed by atoms with Gasteiger partial charge in [0.25, 0.3) is 0 Å². The topological polar surface area (TPSA) is 122 Å². The predicted octanol–water partition coefficient (Wildman–Crippen LogP) is -0.154. The van der Waals surface area contributed by atoms with Crippen molar-refractivity contribution in [1.82, 2.24) is 20.4 Å². The third kappa shape index (κ3) is 4.08. The number of thioether (sulfide) groups is 1. The third-order valence-corrected chi connectivity index (χ3v) is 8.29. The van der Waals surface area contributed by atoms with E-state index in [1.165, 1.54) is 16.7 Å². The zero-order valence-electron chi connectivity index (χ0n) is 17.9. The number of piperazine rings is 1. The Balaban J connectivity index is 0.00000272. The van der Waals surface area contributed by atoms with Crippen LogP contribution in [-0.2, 0) is 14.4 Å². The maximum Gasteiger partial charge on any atom is 0.353 e. The number of nitrogens with zero attached hydrogens (tertiary/aromatic N) is 2. The minimum atomic E-state index is -1.11. The molecule has 2 amide bonds. The molecule has 0 aliphatic carbocycles. The van der Waals surface area contributed by atoms with E-state index < -0.39 is 18.0 Å². The SMILES string of the molecule is CC1CNCCN1C(=O)[C@@H]1C[C@H](SC2=C(C(=O)O)N3C(=O)[C@H]([C@@H](C)O)[C@H]3[C@H]2C)CN1.Cl. The summed E-state index contributed by atoms with van der Waals surface area (Å²) in [6, 6.07) is -0.417. The second-order valence-electron chi connectivity index (χ2n) is 8.79. The van der Waals surface area contributed by atoms with E-state index in [4.69, 9.17) is 0 Å². The van der Waals surface area contributed by atoms with E-state index in [2.05, 4.69) is 10.6 Å². The standard InChI is InChI=1S/C20H30N4O5S.ClH/c1-9-7-21-4-5-23(9)18(26)13-6-12(8-22-13)30-17-10(2)15-14(11(3)25)19(27)24(15)16(17)20(28)29;/h9-15,21-22,25H,4-8H2,1-3H3,(H,28,29);1H/t9?,10-,11-,12+,13+,14-,15-;/m1./s1. The van der Waals surface area contributed by atoms with Crippen LogP contribution in [-0.4, -0.2) is 93.5 Å². The van der Waals surface area contributed by atoms with Crippen LogP contribution in [0, 0.1) is 11.8 Å². The monoisotopic (exact) mass is 474 g/mol. The average molecular weight is 475 g/mol. The van der Waals surface area contributed by atoms with Gasteiger partial charge in [0.05, 0.1) is 24.1 Å². The summed E-state index contributed by atoms with van der Waals surface area (Å²) in [6.45, 7) is 8.43. The second kappa shape index (κ2) is 9.27. The van der Waals surface area contributed by atoms with Gasteiger partial charge in [0.2, 0.25) is 11.8 Å². The normalized spacial score (nSPS) is 36.1. The first kappa shape index (κ1) is 24.3. The molecule has 4 aliphatic rings. The van der Waals surface area contributed by atoms with Gasteiger partial charge in [-0.05, 0) is 20.3 Å². The molecule has 7 atom stereocenters. The molecule has 0 radical (unpaired) electrons. The Morgan fingerprint density at radius 3 is 2.58 bits per heavy atom. The average Bonchev–Trinajstić information content (AvgIpc) is 3.24. The highest BCUT2D eigenvalue weighted by Gasteiger charge is 2.60. The Morgan fingerprint density at radius 1 is 1.26 bits per heavy atom. The van der Waals surface area contributed by atoms with Crippen LogP contribution in [0.1, 0.15) is 27.2 Å². The van der Waals surface area contributed by atoms with E-state index >= 15 is 0 Å². The van der Waals surface area contributed by atoms with Gasteiger partial charge in [-0.2, -0.15) is 0 Å². The number of carbonyl (C=O) groups is 3. The number of aliphatic hydroxyl groups excluding tert-OH is 1. The predicted molar refractivity (Wildman–Crippen MR) is 119 cm³/mol. The number of carboxylic acid groups (broad SMARTS) is 1. The first-order valence-corrected chi connectivity index (χ1v) is 11.5. The van der Waals surface area contributed by atoms with Crippen molar-refractivity contribution < 1.29 is 24.6 Å². The molecule has 0 aromatic carbocycles. The molecule has 4 N–H and O–H groups in total. The highest BCUT2D eigenvalue weighted by molar-refractivity contribution is 8.03. The smallest absolute Gasteiger partial charge is 0.353 e. The lowest BCUT2D eigenvalue weighted by Crippen LogP contribution is -2.63. The molecule has 4 aliphatic heterocycles. The van der Waals surface area contributed by atoms with Crippen LogP contribution in [0.15, 0.2) is 10.6 Å². The summed E-state index contributed by atoms with van der Waals surface area (Å²) in [6.07, 6.45) is -0.182. The van der Waals surface area contributed by atoms with Crippen LogP contribution in [0.5, 0.6) is 0 Å². The number of halogens is 1. The fraction of sp³-hybridized carbons (Fsp3) is 0.750. The number of aliphatic carboxylic acids is 1. The van der Waals surface area contributed by atoms with Crippen molar-refractivity contribution in [3.63, 3.8) is 0 Å². The summed E-state index contributed by atoms with van der Waals surface area (Å²) in [4.78, 5) is 41.3. The van der Waals surface area contributed by atoms with Crippen LogP contribution in [0.25, 0.3) is 0 Å². The number of carbonyl (C=O) groups excluding carboxylic acids is 2. The van der Waals surface area contributed by atoms with E-state index in [-0.39, 0.29) is 59.2 Å². The van der Waals surface area contributed by atoms with Crippen LogP contribution in [0.4, 0.5) is 0 Å². The lowest BCUT2D eigenvalue weighted by Gasteiger charge is -2.46. The lowest BCUT2D eigenvalue weighted by atomic mass is 9.79. The highest BCUT2D eigenvalue weighted by atomic mass is 35.5. The van der Waals surface area contributed by atoms with Gasteiger partial charge in [-0.3, -0.25) is 9.59 Å². The Bertz CT molecular complexity index is 794. The quantitative estimate of drug-likeness (QED) is 0.406. The zero-order chi connectivity index (χ0) is 21.7. The molecule has 0 bridgehead atoms. The molecular weight excluding hydrogens is 444 g/mol. The van der Waals surface area contributed by atoms with E-state index in [0.717, 1.165) is 13.1 Å². The summed E-state index contributed by atoms with van der Waals surface area (Å²) in [5.74, 6) is -2.04.